The van der Waals surface area contributed by atoms with Gasteiger partial charge in [0.1, 0.15) is 5.54 Å². The molecule has 1 aromatic rings. The summed E-state index contributed by atoms with van der Waals surface area (Å²) in [5, 5.41) is 14.9. The maximum atomic E-state index is 12.0. The fourth-order valence-electron chi connectivity index (χ4n) is 2.67. The van der Waals surface area contributed by atoms with Crippen molar-refractivity contribution in [3.05, 3.63) is 30.1 Å². The predicted molar refractivity (Wildman–Crippen MR) is 77.7 cm³/mol. The highest BCUT2D eigenvalue weighted by molar-refractivity contribution is 5.86. The average molecular weight is 291 g/mol. The van der Waals surface area contributed by atoms with Gasteiger partial charge in [-0.25, -0.2) is 9.59 Å². The van der Waals surface area contributed by atoms with E-state index >= 15 is 0 Å². The first kappa shape index (κ1) is 15.3. The first-order valence-corrected chi connectivity index (χ1v) is 7.31. The average Bonchev–Trinajstić information content (AvgIpc) is 2.73. The van der Waals surface area contributed by atoms with Crippen LogP contribution in [0.3, 0.4) is 0 Å². The lowest BCUT2D eigenvalue weighted by Crippen LogP contribution is -2.56. The van der Waals surface area contributed by atoms with Crippen molar-refractivity contribution in [2.24, 2.45) is 0 Å². The molecule has 1 aromatic heterocycles. The predicted octanol–water partition coefficient (Wildman–Crippen LogP) is 2.06. The molecule has 0 radical (unpaired) electrons. The van der Waals surface area contributed by atoms with Crippen LogP contribution >= 0.6 is 0 Å². The quantitative estimate of drug-likeness (QED) is 0.740. The summed E-state index contributed by atoms with van der Waals surface area (Å²) in [6.07, 6.45) is 8.01. The number of pyridine rings is 1. The maximum Gasteiger partial charge on any atom is 0.329 e. The Bertz CT molecular complexity index is 482. The van der Waals surface area contributed by atoms with Gasteiger partial charge >= 0.3 is 12.0 Å². The van der Waals surface area contributed by atoms with Crippen LogP contribution in [0.4, 0.5) is 4.79 Å². The second-order valence-electron chi connectivity index (χ2n) is 5.47. The smallest absolute Gasteiger partial charge is 0.329 e. The largest absolute Gasteiger partial charge is 0.480 e. The molecular weight excluding hydrogens is 270 g/mol. The molecule has 21 heavy (non-hydrogen) atoms. The number of carbonyl (C=O) groups is 2. The van der Waals surface area contributed by atoms with E-state index in [-0.39, 0.29) is 0 Å². The molecule has 0 aliphatic heterocycles. The fraction of sp³-hybridized carbons (Fsp3) is 0.533. The molecule has 0 bridgehead atoms. The van der Waals surface area contributed by atoms with Crippen molar-refractivity contribution in [2.75, 3.05) is 0 Å². The van der Waals surface area contributed by atoms with E-state index in [1.165, 1.54) is 0 Å². The number of rotatable bonds is 4. The molecule has 1 fully saturated rings. The molecule has 6 nitrogen and oxygen atoms in total. The van der Waals surface area contributed by atoms with Gasteiger partial charge in [0, 0.05) is 18.9 Å². The van der Waals surface area contributed by atoms with Gasteiger partial charge in [-0.2, -0.15) is 0 Å². The minimum Gasteiger partial charge on any atom is -0.480 e. The summed E-state index contributed by atoms with van der Waals surface area (Å²) < 4.78 is 0. The van der Waals surface area contributed by atoms with Gasteiger partial charge in [-0.05, 0) is 24.5 Å². The molecule has 3 N–H and O–H groups in total. The van der Waals surface area contributed by atoms with Crippen LogP contribution < -0.4 is 10.6 Å². The van der Waals surface area contributed by atoms with E-state index in [1.54, 1.807) is 18.5 Å². The van der Waals surface area contributed by atoms with E-state index in [9.17, 15) is 14.7 Å². The van der Waals surface area contributed by atoms with Crippen LogP contribution in [0, 0.1) is 0 Å². The Kier molecular flexibility index (Phi) is 5.14. The number of nitrogens with zero attached hydrogens (tertiary/aromatic N) is 1. The van der Waals surface area contributed by atoms with Crippen LogP contribution in [0.5, 0.6) is 0 Å². The first-order valence-electron chi connectivity index (χ1n) is 7.31. The molecule has 1 aliphatic carbocycles. The Hall–Kier alpha value is -2.11. The van der Waals surface area contributed by atoms with Crippen molar-refractivity contribution in [1.82, 2.24) is 15.6 Å². The summed E-state index contributed by atoms with van der Waals surface area (Å²) in [7, 11) is 0. The number of carboxylic acids is 1. The lowest BCUT2D eigenvalue weighted by Gasteiger charge is -2.29. The van der Waals surface area contributed by atoms with Gasteiger partial charge in [0.05, 0.1) is 0 Å². The lowest BCUT2D eigenvalue weighted by molar-refractivity contribution is -0.145. The van der Waals surface area contributed by atoms with Crippen LogP contribution in [-0.4, -0.2) is 27.6 Å². The Morgan fingerprint density at radius 1 is 1.24 bits per heavy atom. The van der Waals surface area contributed by atoms with Gasteiger partial charge < -0.3 is 15.7 Å². The van der Waals surface area contributed by atoms with Gasteiger partial charge in [-0.15, -0.1) is 0 Å². The third-order valence-electron chi connectivity index (χ3n) is 3.90. The lowest BCUT2D eigenvalue weighted by atomic mass is 9.90. The second kappa shape index (κ2) is 7.06. The molecule has 1 saturated carbocycles. The minimum absolute atomic E-state index is 0.329. The summed E-state index contributed by atoms with van der Waals surface area (Å²) in [4.78, 5) is 27.6. The molecule has 0 atom stereocenters. The van der Waals surface area contributed by atoms with Gasteiger partial charge in [0.2, 0.25) is 0 Å². The van der Waals surface area contributed by atoms with Crippen LogP contribution in [0.15, 0.2) is 24.5 Å². The molecule has 2 amide bonds. The van der Waals surface area contributed by atoms with E-state index in [1.807, 2.05) is 6.07 Å². The molecule has 6 heteroatoms. The zero-order chi connectivity index (χ0) is 15.1. The summed E-state index contributed by atoms with van der Waals surface area (Å²) in [5.74, 6) is -0.944. The third-order valence-corrected chi connectivity index (χ3v) is 3.90. The number of aromatic nitrogens is 1. The van der Waals surface area contributed by atoms with Crippen LogP contribution in [-0.2, 0) is 11.3 Å². The SMILES string of the molecule is O=C(NCc1cccnc1)NC1(C(=O)O)CCCCCC1. The molecule has 0 spiro atoms. The first-order chi connectivity index (χ1) is 10.1. The number of carboxylic acid groups (broad SMARTS) is 1. The second-order valence-corrected chi connectivity index (χ2v) is 5.47. The van der Waals surface area contributed by atoms with E-state index in [0.717, 1.165) is 31.2 Å². The summed E-state index contributed by atoms with van der Waals surface area (Å²) in [5.41, 5.74) is -0.256. The van der Waals surface area contributed by atoms with Crippen molar-refractivity contribution < 1.29 is 14.7 Å². The topological polar surface area (TPSA) is 91.3 Å². The number of nitrogens with one attached hydrogen (secondary N) is 2. The highest BCUT2D eigenvalue weighted by atomic mass is 16.4. The van der Waals surface area contributed by atoms with Crippen LogP contribution in [0.1, 0.15) is 44.1 Å². The van der Waals surface area contributed by atoms with E-state index in [0.29, 0.717) is 19.4 Å². The third kappa shape index (κ3) is 4.18. The molecule has 0 aromatic carbocycles. The Morgan fingerprint density at radius 3 is 2.52 bits per heavy atom. The fourth-order valence-corrected chi connectivity index (χ4v) is 2.67. The number of urea groups is 1. The Labute approximate surface area is 124 Å². The maximum absolute atomic E-state index is 12.0. The summed E-state index contributed by atoms with van der Waals surface area (Å²) in [6, 6.07) is 3.20. The van der Waals surface area contributed by atoms with Crippen molar-refractivity contribution >= 4 is 12.0 Å². The van der Waals surface area contributed by atoms with Gasteiger partial charge in [0.25, 0.3) is 0 Å². The number of carbonyl (C=O) groups excluding carboxylic acids is 1. The number of aliphatic carboxylic acids is 1. The highest BCUT2D eigenvalue weighted by Gasteiger charge is 2.39. The van der Waals surface area contributed by atoms with Gasteiger partial charge in [0.15, 0.2) is 0 Å². The van der Waals surface area contributed by atoms with Crippen molar-refractivity contribution in [3.8, 4) is 0 Å². The van der Waals surface area contributed by atoms with E-state index in [4.69, 9.17) is 0 Å². The standard InChI is InChI=1S/C15H21N3O3/c19-13(20)15(7-3-1-2-4-8-15)18-14(21)17-11-12-6-5-9-16-10-12/h5-6,9-10H,1-4,7-8,11H2,(H,19,20)(H2,17,18,21). The summed E-state index contributed by atoms with van der Waals surface area (Å²) in [6.45, 7) is 0.329. The molecular formula is C15H21N3O3. The Morgan fingerprint density at radius 2 is 1.95 bits per heavy atom. The Balaban J connectivity index is 1.93. The number of amides is 2. The zero-order valence-electron chi connectivity index (χ0n) is 12.0. The van der Waals surface area contributed by atoms with Crippen LogP contribution in [0.2, 0.25) is 0 Å². The zero-order valence-corrected chi connectivity index (χ0v) is 12.0. The van der Waals surface area contributed by atoms with Crippen molar-refractivity contribution in [3.63, 3.8) is 0 Å². The molecule has 114 valence electrons. The van der Waals surface area contributed by atoms with Gasteiger partial charge in [-0.3, -0.25) is 4.98 Å². The number of hydrogen-bond donors (Lipinski definition) is 3. The van der Waals surface area contributed by atoms with Crippen LogP contribution in [0.25, 0.3) is 0 Å². The summed E-state index contributed by atoms with van der Waals surface area (Å²) >= 11 is 0. The molecule has 0 saturated heterocycles. The van der Waals surface area contributed by atoms with Gasteiger partial charge in [-0.1, -0.05) is 31.7 Å². The van der Waals surface area contributed by atoms with Crippen molar-refractivity contribution in [2.45, 2.75) is 50.6 Å². The highest BCUT2D eigenvalue weighted by Crippen LogP contribution is 2.27. The molecule has 1 aliphatic rings. The monoisotopic (exact) mass is 291 g/mol. The minimum atomic E-state index is -1.13. The number of hydrogen-bond acceptors (Lipinski definition) is 3. The van der Waals surface area contributed by atoms with Crippen molar-refractivity contribution in [1.29, 1.82) is 0 Å². The molecule has 1 heterocycles. The molecule has 2 rings (SSSR count). The van der Waals surface area contributed by atoms with E-state index < -0.39 is 17.5 Å². The normalized spacial score (nSPS) is 17.5. The van der Waals surface area contributed by atoms with E-state index in [2.05, 4.69) is 15.6 Å². The molecule has 0 unspecified atom stereocenters.